The molecule has 1 aromatic carbocycles. The largest absolute Gasteiger partial charge is 0.398 e. The van der Waals surface area contributed by atoms with Crippen molar-refractivity contribution >= 4 is 28.8 Å². The number of nitrogen functional groups attached to an aromatic ring is 1. The van der Waals surface area contributed by atoms with Gasteiger partial charge in [0.25, 0.3) is 0 Å². The highest BCUT2D eigenvalue weighted by molar-refractivity contribution is 8.00. The Kier molecular flexibility index (Phi) is 3.17. The zero-order chi connectivity index (χ0) is 10.7. The van der Waals surface area contributed by atoms with Crippen molar-refractivity contribution in [2.75, 3.05) is 5.73 Å². The van der Waals surface area contributed by atoms with Gasteiger partial charge in [-0.3, -0.25) is 0 Å². The van der Waals surface area contributed by atoms with E-state index >= 15 is 0 Å². The molecule has 2 rings (SSSR count). The molecule has 0 saturated heterocycles. The van der Waals surface area contributed by atoms with E-state index in [1.54, 1.807) is 11.6 Å². The highest BCUT2D eigenvalue weighted by atomic mass is 32.2. The highest BCUT2D eigenvalue weighted by Crippen LogP contribution is 2.26. The molecule has 6 heteroatoms. The van der Waals surface area contributed by atoms with Crippen LogP contribution in [-0.2, 0) is 5.75 Å². The third-order valence-electron chi connectivity index (χ3n) is 1.80. The maximum absolute atomic E-state index is 12.9. The fourth-order valence-corrected chi connectivity index (χ4v) is 2.56. The Labute approximate surface area is 94.5 Å². The van der Waals surface area contributed by atoms with Crippen molar-refractivity contribution in [3.05, 3.63) is 35.1 Å². The standard InChI is InChI=1S/C9H8FN3S2/c10-7-1-2-8(11)6(3-7)4-14-9-13-12-5-15-9/h1-3,5H,4,11H2. The van der Waals surface area contributed by atoms with Crippen LogP contribution in [0.3, 0.4) is 0 Å². The summed E-state index contributed by atoms with van der Waals surface area (Å²) in [5.74, 6) is 0.343. The summed E-state index contributed by atoms with van der Waals surface area (Å²) in [6, 6.07) is 4.38. The molecule has 0 aliphatic rings. The summed E-state index contributed by atoms with van der Waals surface area (Å²) in [5.41, 5.74) is 8.77. The average Bonchev–Trinajstić information content (AvgIpc) is 2.72. The van der Waals surface area contributed by atoms with E-state index in [0.29, 0.717) is 11.4 Å². The van der Waals surface area contributed by atoms with Crippen molar-refractivity contribution in [1.29, 1.82) is 0 Å². The number of rotatable bonds is 3. The molecule has 15 heavy (non-hydrogen) atoms. The molecular weight excluding hydrogens is 233 g/mol. The minimum Gasteiger partial charge on any atom is -0.398 e. The molecular formula is C9H8FN3S2. The third kappa shape index (κ3) is 2.66. The van der Waals surface area contributed by atoms with Gasteiger partial charge in [0.05, 0.1) is 0 Å². The third-order valence-corrected chi connectivity index (χ3v) is 3.71. The van der Waals surface area contributed by atoms with Gasteiger partial charge in [0.2, 0.25) is 0 Å². The lowest BCUT2D eigenvalue weighted by Gasteiger charge is -2.03. The Hall–Kier alpha value is -1.14. The Morgan fingerprint density at radius 2 is 2.33 bits per heavy atom. The smallest absolute Gasteiger partial charge is 0.174 e. The first-order chi connectivity index (χ1) is 7.25. The summed E-state index contributed by atoms with van der Waals surface area (Å²) in [6.45, 7) is 0. The molecule has 0 unspecified atom stereocenters. The molecule has 0 amide bonds. The van der Waals surface area contributed by atoms with Gasteiger partial charge in [0.15, 0.2) is 4.34 Å². The van der Waals surface area contributed by atoms with E-state index in [0.717, 1.165) is 9.90 Å². The van der Waals surface area contributed by atoms with Crippen LogP contribution in [0.25, 0.3) is 0 Å². The van der Waals surface area contributed by atoms with Crippen LogP contribution in [0.2, 0.25) is 0 Å². The van der Waals surface area contributed by atoms with Crippen molar-refractivity contribution < 1.29 is 4.39 Å². The minimum atomic E-state index is -0.267. The lowest BCUT2D eigenvalue weighted by Crippen LogP contribution is -1.93. The zero-order valence-corrected chi connectivity index (χ0v) is 9.32. The summed E-state index contributed by atoms with van der Waals surface area (Å²) >= 11 is 2.96. The number of thioether (sulfide) groups is 1. The molecule has 1 aromatic heterocycles. The number of aromatic nitrogens is 2. The van der Waals surface area contributed by atoms with Crippen LogP contribution in [0.1, 0.15) is 5.56 Å². The van der Waals surface area contributed by atoms with Crippen molar-refractivity contribution in [2.45, 2.75) is 10.1 Å². The van der Waals surface area contributed by atoms with Gasteiger partial charge in [-0.15, -0.1) is 10.2 Å². The number of anilines is 1. The van der Waals surface area contributed by atoms with Crippen molar-refractivity contribution in [1.82, 2.24) is 10.2 Å². The van der Waals surface area contributed by atoms with Gasteiger partial charge in [-0.1, -0.05) is 23.1 Å². The topological polar surface area (TPSA) is 51.8 Å². The molecule has 1 heterocycles. The molecule has 0 atom stereocenters. The Balaban J connectivity index is 2.07. The summed E-state index contributed by atoms with van der Waals surface area (Å²) in [4.78, 5) is 0. The van der Waals surface area contributed by atoms with E-state index in [4.69, 9.17) is 5.73 Å². The number of halogens is 1. The van der Waals surface area contributed by atoms with Crippen LogP contribution in [0.15, 0.2) is 28.0 Å². The van der Waals surface area contributed by atoms with E-state index in [-0.39, 0.29) is 5.82 Å². The second kappa shape index (κ2) is 4.59. The normalized spacial score (nSPS) is 10.5. The summed E-state index contributed by atoms with van der Waals surface area (Å²) in [5, 5.41) is 7.60. The SMILES string of the molecule is Nc1ccc(F)cc1CSc1nncs1. The van der Waals surface area contributed by atoms with Crippen molar-refractivity contribution in [3.8, 4) is 0 Å². The van der Waals surface area contributed by atoms with Gasteiger partial charge in [0, 0.05) is 11.4 Å². The van der Waals surface area contributed by atoms with E-state index in [1.807, 2.05) is 0 Å². The highest BCUT2D eigenvalue weighted by Gasteiger charge is 2.04. The molecule has 0 radical (unpaired) electrons. The van der Waals surface area contributed by atoms with Gasteiger partial charge in [-0.2, -0.15) is 0 Å². The molecule has 0 spiro atoms. The van der Waals surface area contributed by atoms with Gasteiger partial charge in [0.1, 0.15) is 11.3 Å². The molecule has 78 valence electrons. The molecule has 0 bridgehead atoms. The Morgan fingerprint density at radius 3 is 3.07 bits per heavy atom. The molecule has 2 aromatic rings. The van der Waals surface area contributed by atoms with E-state index in [9.17, 15) is 4.39 Å². The minimum absolute atomic E-state index is 0.267. The Bertz CT molecular complexity index is 445. The first-order valence-corrected chi connectivity index (χ1v) is 6.05. The van der Waals surface area contributed by atoms with Gasteiger partial charge < -0.3 is 5.73 Å². The first-order valence-electron chi connectivity index (χ1n) is 4.18. The van der Waals surface area contributed by atoms with Crippen molar-refractivity contribution in [3.63, 3.8) is 0 Å². The number of benzene rings is 1. The van der Waals surface area contributed by atoms with Crippen LogP contribution < -0.4 is 5.73 Å². The van der Waals surface area contributed by atoms with E-state index < -0.39 is 0 Å². The first kappa shape index (κ1) is 10.4. The second-order valence-electron chi connectivity index (χ2n) is 2.84. The van der Waals surface area contributed by atoms with Crippen LogP contribution in [0.4, 0.5) is 10.1 Å². The molecule has 0 saturated carbocycles. The van der Waals surface area contributed by atoms with Crippen LogP contribution in [0, 0.1) is 5.82 Å². The number of nitrogens with zero attached hydrogens (tertiary/aromatic N) is 2. The monoisotopic (exact) mass is 241 g/mol. The predicted octanol–water partition coefficient (Wildman–Crippen LogP) is 2.55. The number of nitrogens with two attached hydrogens (primary N) is 1. The quantitative estimate of drug-likeness (QED) is 0.662. The van der Waals surface area contributed by atoms with Crippen LogP contribution in [0.5, 0.6) is 0 Å². The molecule has 0 aliphatic heterocycles. The fraction of sp³-hybridized carbons (Fsp3) is 0.111. The second-order valence-corrected chi connectivity index (χ2v) is 4.89. The molecule has 0 aliphatic carbocycles. The maximum atomic E-state index is 12.9. The summed E-state index contributed by atoms with van der Waals surface area (Å²) < 4.78 is 13.8. The van der Waals surface area contributed by atoms with E-state index in [1.165, 1.54) is 35.2 Å². The maximum Gasteiger partial charge on any atom is 0.174 e. The predicted molar refractivity (Wildman–Crippen MR) is 60.3 cm³/mol. The molecule has 0 fully saturated rings. The van der Waals surface area contributed by atoms with Crippen molar-refractivity contribution in [2.24, 2.45) is 0 Å². The Morgan fingerprint density at radius 1 is 1.47 bits per heavy atom. The zero-order valence-electron chi connectivity index (χ0n) is 7.68. The lowest BCUT2D eigenvalue weighted by molar-refractivity contribution is 0.627. The van der Waals surface area contributed by atoms with Crippen LogP contribution >= 0.6 is 23.1 Å². The summed E-state index contributed by atoms with van der Waals surface area (Å²) in [6.07, 6.45) is 0. The van der Waals surface area contributed by atoms with Gasteiger partial charge in [-0.25, -0.2) is 4.39 Å². The summed E-state index contributed by atoms with van der Waals surface area (Å²) in [7, 11) is 0. The van der Waals surface area contributed by atoms with Gasteiger partial charge >= 0.3 is 0 Å². The molecule has 2 N–H and O–H groups in total. The van der Waals surface area contributed by atoms with E-state index in [2.05, 4.69) is 10.2 Å². The number of hydrogen-bond donors (Lipinski definition) is 1. The average molecular weight is 241 g/mol. The van der Waals surface area contributed by atoms with Gasteiger partial charge in [-0.05, 0) is 23.8 Å². The lowest BCUT2D eigenvalue weighted by atomic mass is 10.2. The fourth-order valence-electron chi connectivity index (χ4n) is 1.06. The van der Waals surface area contributed by atoms with Crippen LogP contribution in [-0.4, -0.2) is 10.2 Å². The number of hydrogen-bond acceptors (Lipinski definition) is 5. The molecule has 3 nitrogen and oxygen atoms in total.